The van der Waals surface area contributed by atoms with Crippen LogP contribution in [0.25, 0.3) is 0 Å². The zero-order valence-corrected chi connectivity index (χ0v) is 9.48. The Morgan fingerprint density at radius 2 is 1.93 bits per heavy atom. The lowest BCUT2D eigenvalue weighted by atomic mass is 10.0. The first-order valence-electron chi connectivity index (χ1n) is 5.20. The van der Waals surface area contributed by atoms with Crippen LogP contribution in [0.15, 0.2) is 0 Å². The van der Waals surface area contributed by atoms with Crippen molar-refractivity contribution in [3.8, 4) is 0 Å². The minimum Gasteiger partial charge on any atom is -0.394 e. The van der Waals surface area contributed by atoms with Gasteiger partial charge in [0, 0.05) is 12.6 Å². The Hall–Kier alpha value is -0.160. The third-order valence-electron chi connectivity index (χ3n) is 2.43. The van der Waals surface area contributed by atoms with Gasteiger partial charge in [-0.1, -0.05) is 13.8 Å². The van der Waals surface area contributed by atoms with Crippen LogP contribution >= 0.6 is 0 Å². The van der Waals surface area contributed by atoms with Gasteiger partial charge in [0.2, 0.25) is 0 Å². The van der Waals surface area contributed by atoms with Gasteiger partial charge >= 0.3 is 0 Å². The first-order chi connectivity index (χ1) is 6.47. The molecule has 0 aromatic rings. The summed E-state index contributed by atoms with van der Waals surface area (Å²) >= 11 is 0. The molecule has 0 aromatic carbocycles. The maximum absolute atomic E-state index is 9.18. The van der Waals surface area contributed by atoms with E-state index >= 15 is 0 Å². The highest BCUT2D eigenvalue weighted by molar-refractivity contribution is 4.68. The lowest BCUT2D eigenvalue weighted by molar-refractivity contribution is 0.0656. The van der Waals surface area contributed by atoms with Crippen LogP contribution in [0.4, 0.5) is 0 Å². The highest BCUT2D eigenvalue weighted by atomic mass is 16.3. The predicted octanol–water partition coefficient (Wildman–Crippen LogP) is -0.355. The largest absolute Gasteiger partial charge is 0.394 e. The van der Waals surface area contributed by atoms with Crippen LogP contribution in [0.5, 0.6) is 0 Å². The maximum Gasteiger partial charge on any atom is 0.0897 e. The fourth-order valence-corrected chi connectivity index (χ4v) is 1.21. The van der Waals surface area contributed by atoms with Gasteiger partial charge in [0.15, 0.2) is 0 Å². The van der Waals surface area contributed by atoms with Gasteiger partial charge in [-0.15, -0.1) is 0 Å². The fraction of sp³-hybridized carbons (Fsp3) is 1.00. The molecule has 86 valence electrons. The lowest BCUT2D eigenvalue weighted by Gasteiger charge is -2.22. The molecule has 0 saturated heterocycles. The molecule has 4 nitrogen and oxygen atoms in total. The van der Waals surface area contributed by atoms with Crippen molar-refractivity contribution in [1.29, 1.82) is 0 Å². The van der Waals surface area contributed by atoms with Crippen molar-refractivity contribution in [3.63, 3.8) is 0 Å². The lowest BCUT2D eigenvalue weighted by Crippen LogP contribution is -2.36. The van der Waals surface area contributed by atoms with E-state index in [0.717, 1.165) is 13.0 Å². The molecule has 4 heteroatoms. The fourth-order valence-electron chi connectivity index (χ4n) is 1.21. The molecule has 4 N–H and O–H groups in total. The monoisotopic (exact) mass is 204 g/mol. The molecule has 0 aliphatic carbocycles. The molecule has 0 aromatic heterocycles. The highest BCUT2D eigenvalue weighted by Crippen LogP contribution is 2.03. The Labute approximate surface area is 86.7 Å². The normalized spacial score (nSPS) is 16.3. The molecule has 0 spiro atoms. The van der Waals surface area contributed by atoms with Crippen LogP contribution in [0.1, 0.15) is 20.3 Å². The van der Waals surface area contributed by atoms with E-state index in [2.05, 4.69) is 13.8 Å². The summed E-state index contributed by atoms with van der Waals surface area (Å²) in [6.07, 6.45) is 0.280. The van der Waals surface area contributed by atoms with Crippen molar-refractivity contribution in [2.45, 2.75) is 32.4 Å². The van der Waals surface area contributed by atoms with E-state index in [-0.39, 0.29) is 12.6 Å². The van der Waals surface area contributed by atoms with Crippen molar-refractivity contribution in [2.24, 2.45) is 11.7 Å². The molecule has 2 unspecified atom stereocenters. The molecule has 2 atom stereocenters. The van der Waals surface area contributed by atoms with E-state index in [1.807, 2.05) is 11.9 Å². The van der Waals surface area contributed by atoms with Crippen LogP contribution in [0.2, 0.25) is 0 Å². The number of nitrogens with zero attached hydrogens (tertiary/aromatic N) is 1. The van der Waals surface area contributed by atoms with Crippen LogP contribution in [-0.2, 0) is 0 Å². The summed E-state index contributed by atoms with van der Waals surface area (Å²) in [5.74, 6) is 0.492. The molecule has 0 rings (SSSR count). The molecule has 0 heterocycles. The van der Waals surface area contributed by atoms with Gasteiger partial charge in [0.25, 0.3) is 0 Å². The predicted molar refractivity (Wildman–Crippen MR) is 58.0 cm³/mol. The summed E-state index contributed by atoms with van der Waals surface area (Å²) in [6, 6.07) is 0.212. The van der Waals surface area contributed by atoms with Crippen LogP contribution < -0.4 is 5.73 Å². The van der Waals surface area contributed by atoms with E-state index in [0.29, 0.717) is 12.5 Å². The molecule has 0 aliphatic rings. The zero-order valence-electron chi connectivity index (χ0n) is 9.48. The average molecular weight is 204 g/mol. The molecule has 0 bridgehead atoms. The van der Waals surface area contributed by atoms with Gasteiger partial charge in [-0.25, -0.2) is 0 Å². The van der Waals surface area contributed by atoms with Crippen LogP contribution in [0, 0.1) is 5.92 Å². The van der Waals surface area contributed by atoms with Gasteiger partial charge in [-0.3, -0.25) is 0 Å². The number of likely N-dealkylation sites (N-methyl/N-ethyl adjacent to an activating group) is 1. The van der Waals surface area contributed by atoms with Gasteiger partial charge in [0.1, 0.15) is 0 Å². The zero-order chi connectivity index (χ0) is 11.1. The third kappa shape index (κ3) is 6.32. The Kier molecular flexibility index (Phi) is 7.09. The Morgan fingerprint density at radius 3 is 2.36 bits per heavy atom. The van der Waals surface area contributed by atoms with Gasteiger partial charge < -0.3 is 20.8 Å². The number of aliphatic hydroxyl groups is 2. The second kappa shape index (κ2) is 7.17. The quantitative estimate of drug-likeness (QED) is 0.530. The number of aliphatic hydroxyl groups excluding tert-OH is 2. The third-order valence-corrected chi connectivity index (χ3v) is 2.43. The first-order valence-corrected chi connectivity index (χ1v) is 5.20. The molecular formula is C10H24N2O2. The van der Waals surface area contributed by atoms with E-state index in [1.165, 1.54) is 0 Å². The number of nitrogens with two attached hydrogens (primary N) is 1. The molecule has 14 heavy (non-hydrogen) atoms. The molecule has 0 radical (unpaired) electrons. The summed E-state index contributed by atoms with van der Waals surface area (Å²) in [5.41, 5.74) is 5.89. The number of hydrogen-bond donors (Lipinski definition) is 3. The number of rotatable bonds is 7. The van der Waals surface area contributed by atoms with E-state index < -0.39 is 6.10 Å². The second-order valence-corrected chi connectivity index (χ2v) is 4.30. The van der Waals surface area contributed by atoms with Crippen molar-refractivity contribution in [1.82, 2.24) is 4.90 Å². The average Bonchev–Trinajstić information content (AvgIpc) is 2.13. The van der Waals surface area contributed by atoms with E-state index in [9.17, 15) is 5.11 Å². The summed E-state index contributed by atoms with van der Waals surface area (Å²) in [4.78, 5) is 1.99. The van der Waals surface area contributed by atoms with Crippen LogP contribution in [0.3, 0.4) is 0 Å². The van der Waals surface area contributed by atoms with Gasteiger partial charge in [0.05, 0.1) is 12.7 Å². The highest BCUT2D eigenvalue weighted by Gasteiger charge is 2.10. The molecule has 0 fully saturated rings. The summed E-state index contributed by atoms with van der Waals surface area (Å²) < 4.78 is 0. The van der Waals surface area contributed by atoms with Crippen molar-refractivity contribution >= 4 is 0 Å². The van der Waals surface area contributed by atoms with Gasteiger partial charge in [-0.05, 0) is 25.9 Å². The smallest absolute Gasteiger partial charge is 0.0897 e. The molecule has 0 amide bonds. The second-order valence-electron chi connectivity index (χ2n) is 4.30. The summed E-state index contributed by atoms with van der Waals surface area (Å²) in [6.45, 7) is 5.39. The Morgan fingerprint density at radius 1 is 1.36 bits per heavy atom. The summed E-state index contributed by atoms with van der Waals surface area (Å²) in [7, 11) is 1.92. The molecule has 0 aliphatic heterocycles. The Bertz CT molecular complexity index is 142. The minimum atomic E-state index is -0.643. The molecule has 0 saturated carbocycles. The van der Waals surface area contributed by atoms with E-state index in [4.69, 9.17) is 10.8 Å². The van der Waals surface area contributed by atoms with Gasteiger partial charge in [-0.2, -0.15) is 0 Å². The van der Waals surface area contributed by atoms with Crippen molar-refractivity contribution in [2.75, 3.05) is 26.7 Å². The maximum atomic E-state index is 9.18. The number of hydrogen-bond acceptors (Lipinski definition) is 4. The van der Waals surface area contributed by atoms with E-state index in [1.54, 1.807) is 0 Å². The SMILES string of the molecule is CC(C)C(N)CCN(C)CC(O)CO. The topological polar surface area (TPSA) is 69.7 Å². The summed E-state index contributed by atoms with van der Waals surface area (Å²) in [5, 5.41) is 17.8. The minimum absolute atomic E-state index is 0.180. The molecular weight excluding hydrogens is 180 g/mol. The standard InChI is InChI=1S/C10H24N2O2/c1-8(2)10(11)4-5-12(3)6-9(14)7-13/h8-10,13-14H,4-7,11H2,1-3H3. The van der Waals surface area contributed by atoms with Crippen LogP contribution in [-0.4, -0.2) is 54.0 Å². The van der Waals surface area contributed by atoms with Crippen molar-refractivity contribution in [3.05, 3.63) is 0 Å². The van der Waals surface area contributed by atoms with Crippen molar-refractivity contribution < 1.29 is 10.2 Å². The Balaban J connectivity index is 3.58. The first kappa shape index (κ1) is 13.8.